The number of carbonyl (C=O) groups excluding carboxylic acids is 2. The summed E-state index contributed by atoms with van der Waals surface area (Å²) in [5.41, 5.74) is 3.05. The second kappa shape index (κ2) is 6.96. The zero-order chi connectivity index (χ0) is 19.9. The topological polar surface area (TPSA) is 49.4 Å². The Morgan fingerprint density at radius 1 is 1.11 bits per heavy atom. The first kappa shape index (κ1) is 18.5. The fourth-order valence-corrected chi connectivity index (χ4v) is 3.99. The Morgan fingerprint density at radius 3 is 2.64 bits per heavy atom. The number of hydrogen-bond donors (Lipinski definition) is 1. The van der Waals surface area contributed by atoms with E-state index in [1.165, 1.54) is 12.1 Å². The maximum atomic E-state index is 12.7. The number of nitrogens with one attached hydrogen (secondary N) is 1. The van der Waals surface area contributed by atoms with Crippen LogP contribution in [0.2, 0.25) is 0 Å². The van der Waals surface area contributed by atoms with Gasteiger partial charge in [0.15, 0.2) is 0 Å². The van der Waals surface area contributed by atoms with Crippen molar-refractivity contribution in [2.45, 2.75) is 37.8 Å². The van der Waals surface area contributed by atoms with Crippen molar-refractivity contribution >= 4 is 23.2 Å². The van der Waals surface area contributed by atoms with E-state index in [-0.39, 0.29) is 29.7 Å². The number of nitrogens with zero attached hydrogens (tertiary/aromatic N) is 1. The quantitative estimate of drug-likeness (QED) is 0.848. The van der Waals surface area contributed by atoms with Gasteiger partial charge in [0.25, 0.3) is 0 Å². The lowest BCUT2D eigenvalue weighted by Crippen LogP contribution is -2.26. The van der Waals surface area contributed by atoms with Gasteiger partial charge in [-0.3, -0.25) is 9.59 Å². The molecule has 1 saturated heterocycles. The number of hydrogen-bond acceptors (Lipinski definition) is 2. The Hall–Kier alpha value is -2.83. The largest absolute Gasteiger partial charge is 0.393 e. The van der Waals surface area contributed by atoms with Crippen LogP contribution in [-0.4, -0.2) is 24.5 Å². The number of carbonyl (C=O) groups is 2. The predicted octanol–water partition coefficient (Wildman–Crippen LogP) is 4.39. The van der Waals surface area contributed by atoms with Crippen LogP contribution in [0, 0.1) is 0 Å². The minimum atomic E-state index is -4.28. The average molecular weight is 388 g/mol. The van der Waals surface area contributed by atoms with Crippen molar-refractivity contribution in [3.8, 4) is 0 Å². The number of fused-ring (bicyclic) bond motifs is 1. The Bertz CT molecular complexity index is 939. The maximum Gasteiger partial charge on any atom is 0.393 e. The Labute approximate surface area is 160 Å². The molecule has 0 bridgehead atoms. The second-order valence-corrected chi connectivity index (χ2v) is 7.26. The zero-order valence-electron chi connectivity index (χ0n) is 15.1. The van der Waals surface area contributed by atoms with E-state index < -0.39 is 12.6 Å². The molecule has 2 amide bonds. The summed E-state index contributed by atoms with van der Waals surface area (Å²) < 4.78 is 38.2. The van der Waals surface area contributed by atoms with Crippen LogP contribution in [-0.2, 0) is 16.0 Å². The second-order valence-electron chi connectivity index (χ2n) is 7.26. The normalized spacial score (nSPS) is 19.5. The van der Waals surface area contributed by atoms with Crippen LogP contribution in [0.15, 0.2) is 42.5 Å². The molecule has 0 aliphatic carbocycles. The molecule has 28 heavy (non-hydrogen) atoms. The van der Waals surface area contributed by atoms with E-state index in [4.69, 9.17) is 0 Å². The van der Waals surface area contributed by atoms with Crippen molar-refractivity contribution in [3.05, 3.63) is 59.2 Å². The summed E-state index contributed by atoms with van der Waals surface area (Å²) in [6.07, 6.45) is -3.79. The molecule has 0 radical (unpaired) electrons. The van der Waals surface area contributed by atoms with Crippen molar-refractivity contribution < 1.29 is 22.8 Å². The molecular weight excluding hydrogens is 369 g/mol. The number of amides is 2. The number of benzene rings is 2. The summed E-state index contributed by atoms with van der Waals surface area (Å²) in [6.45, 7) is 0.647. The van der Waals surface area contributed by atoms with E-state index in [9.17, 15) is 22.8 Å². The van der Waals surface area contributed by atoms with Gasteiger partial charge in [-0.25, -0.2) is 0 Å². The number of alkyl halides is 3. The average Bonchev–Trinajstić information content (AvgIpc) is 3.05. The van der Waals surface area contributed by atoms with Gasteiger partial charge in [0, 0.05) is 36.7 Å². The molecule has 4 nitrogen and oxygen atoms in total. The first-order valence-corrected chi connectivity index (χ1v) is 9.20. The van der Waals surface area contributed by atoms with Gasteiger partial charge in [0.2, 0.25) is 11.8 Å². The Morgan fingerprint density at radius 2 is 1.93 bits per heavy atom. The maximum absolute atomic E-state index is 12.7. The molecule has 2 heterocycles. The molecule has 1 N–H and O–H groups in total. The van der Waals surface area contributed by atoms with Crippen molar-refractivity contribution in [2.24, 2.45) is 0 Å². The lowest BCUT2D eigenvalue weighted by molar-refractivity contribution is -0.127. The van der Waals surface area contributed by atoms with E-state index in [1.807, 2.05) is 12.1 Å². The summed E-state index contributed by atoms with van der Waals surface area (Å²) in [6, 6.07) is 11.8. The van der Waals surface area contributed by atoms with Gasteiger partial charge >= 0.3 is 6.18 Å². The Balaban J connectivity index is 1.68. The van der Waals surface area contributed by atoms with Gasteiger partial charge in [-0.05, 0) is 35.2 Å². The highest BCUT2D eigenvalue weighted by Gasteiger charge is 2.31. The lowest BCUT2D eigenvalue weighted by Gasteiger charge is -2.28. The molecule has 2 aliphatic heterocycles. The van der Waals surface area contributed by atoms with Crippen LogP contribution in [0.1, 0.15) is 41.9 Å². The predicted molar refractivity (Wildman–Crippen MR) is 99.3 cm³/mol. The van der Waals surface area contributed by atoms with Crippen LogP contribution < -0.4 is 10.2 Å². The molecule has 1 atom stereocenters. The summed E-state index contributed by atoms with van der Waals surface area (Å²) in [4.78, 5) is 25.9. The first-order chi connectivity index (χ1) is 13.3. The summed E-state index contributed by atoms with van der Waals surface area (Å²) in [7, 11) is 0. The minimum absolute atomic E-state index is 0.0542. The zero-order valence-corrected chi connectivity index (χ0v) is 15.1. The molecule has 146 valence electrons. The molecule has 2 aliphatic rings. The van der Waals surface area contributed by atoms with Gasteiger partial charge < -0.3 is 10.2 Å². The highest BCUT2D eigenvalue weighted by Crippen LogP contribution is 2.40. The molecule has 0 spiro atoms. The molecule has 0 saturated carbocycles. The van der Waals surface area contributed by atoms with Crippen molar-refractivity contribution in [3.63, 3.8) is 0 Å². The molecule has 4 rings (SSSR count). The number of anilines is 2. The molecule has 2 aromatic carbocycles. The first-order valence-electron chi connectivity index (χ1n) is 9.20. The molecule has 2 aromatic rings. The van der Waals surface area contributed by atoms with E-state index in [1.54, 1.807) is 23.1 Å². The third-order valence-electron chi connectivity index (χ3n) is 5.22. The standard InChI is InChI=1S/C21H19F3N2O2/c22-21(23,24)12-13-3-1-4-14(9-13)17-11-19(27)25-18-10-15(6-7-16(17)18)26-8-2-5-20(26)28/h1,3-4,6-7,9-10,17H,2,5,8,11-12H2,(H,25,27). The van der Waals surface area contributed by atoms with E-state index in [0.717, 1.165) is 17.7 Å². The molecule has 0 aromatic heterocycles. The van der Waals surface area contributed by atoms with Crippen molar-refractivity contribution in [2.75, 3.05) is 16.8 Å². The SMILES string of the molecule is O=C1CC(c2cccc(CC(F)(F)F)c2)c2ccc(N3CCCC3=O)cc2N1. The Kier molecular flexibility index (Phi) is 4.61. The smallest absolute Gasteiger partial charge is 0.326 e. The van der Waals surface area contributed by atoms with Gasteiger partial charge in [0.1, 0.15) is 0 Å². The fraction of sp³-hybridized carbons (Fsp3) is 0.333. The van der Waals surface area contributed by atoms with E-state index >= 15 is 0 Å². The van der Waals surface area contributed by atoms with E-state index in [0.29, 0.717) is 24.2 Å². The van der Waals surface area contributed by atoms with Gasteiger partial charge in [-0.1, -0.05) is 30.3 Å². The highest BCUT2D eigenvalue weighted by molar-refractivity contribution is 5.99. The van der Waals surface area contributed by atoms with Gasteiger partial charge in [-0.2, -0.15) is 13.2 Å². The lowest BCUT2D eigenvalue weighted by atomic mass is 9.84. The molecule has 1 unspecified atom stereocenters. The highest BCUT2D eigenvalue weighted by atomic mass is 19.4. The van der Waals surface area contributed by atoms with Gasteiger partial charge in [0.05, 0.1) is 6.42 Å². The molecule has 1 fully saturated rings. The summed E-state index contributed by atoms with van der Waals surface area (Å²) in [5.74, 6) is -0.456. The molecule has 7 heteroatoms. The third kappa shape index (κ3) is 3.74. The summed E-state index contributed by atoms with van der Waals surface area (Å²) in [5, 5.41) is 2.83. The monoisotopic (exact) mass is 388 g/mol. The minimum Gasteiger partial charge on any atom is -0.326 e. The van der Waals surface area contributed by atoms with Crippen LogP contribution in [0.3, 0.4) is 0 Å². The number of halogens is 3. The van der Waals surface area contributed by atoms with Crippen molar-refractivity contribution in [1.29, 1.82) is 0 Å². The summed E-state index contributed by atoms with van der Waals surface area (Å²) >= 11 is 0. The fourth-order valence-electron chi connectivity index (χ4n) is 3.99. The van der Waals surface area contributed by atoms with E-state index in [2.05, 4.69) is 5.32 Å². The van der Waals surface area contributed by atoms with Crippen LogP contribution in [0.25, 0.3) is 0 Å². The molecular formula is C21H19F3N2O2. The third-order valence-corrected chi connectivity index (χ3v) is 5.22. The van der Waals surface area contributed by atoms with Gasteiger partial charge in [-0.15, -0.1) is 0 Å². The van der Waals surface area contributed by atoms with Crippen LogP contribution >= 0.6 is 0 Å². The number of rotatable bonds is 3. The van der Waals surface area contributed by atoms with Crippen molar-refractivity contribution in [1.82, 2.24) is 0 Å². The van der Waals surface area contributed by atoms with Crippen LogP contribution in [0.5, 0.6) is 0 Å². The van der Waals surface area contributed by atoms with Crippen LogP contribution in [0.4, 0.5) is 24.5 Å².